The van der Waals surface area contributed by atoms with Gasteiger partial charge in [-0.2, -0.15) is 0 Å². The molecule has 0 bridgehead atoms. The zero-order valence-electron chi connectivity index (χ0n) is 15.4. The zero-order valence-corrected chi connectivity index (χ0v) is 15.4. The Hall–Kier alpha value is -2.89. The van der Waals surface area contributed by atoms with Crippen molar-refractivity contribution in [1.82, 2.24) is 10.6 Å². The molecule has 140 valence electrons. The first-order chi connectivity index (χ1) is 12.5. The van der Waals surface area contributed by atoms with Crippen molar-refractivity contribution in [2.75, 3.05) is 14.2 Å². The minimum absolute atomic E-state index is 0.0363. The predicted molar refractivity (Wildman–Crippen MR) is 101 cm³/mol. The lowest BCUT2D eigenvalue weighted by Crippen LogP contribution is -2.40. The number of urea groups is 1. The number of aromatic hydroxyl groups is 1. The van der Waals surface area contributed by atoms with E-state index < -0.39 is 0 Å². The maximum atomic E-state index is 12.0. The summed E-state index contributed by atoms with van der Waals surface area (Å²) >= 11 is 0. The molecule has 3 N–H and O–H groups in total. The molecule has 0 aliphatic rings. The standard InChI is InChI=1S/C20H26N2O4/c1-14(4-5-15-6-9-17(23)10-7-15)22-20(24)21-13-16-8-11-18(25-2)19(12-16)26-3/h6-12,14,23H,4-5,13H2,1-3H3,(H2,21,22,24). The fraction of sp³-hybridized carbons (Fsp3) is 0.350. The van der Waals surface area contributed by atoms with Crippen LogP contribution in [0.15, 0.2) is 42.5 Å². The number of nitrogens with one attached hydrogen (secondary N) is 2. The SMILES string of the molecule is COc1ccc(CNC(=O)NC(C)CCc2ccc(O)cc2)cc1OC. The van der Waals surface area contributed by atoms with Crippen molar-refractivity contribution in [3.05, 3.63) is 53.6 Å². The first-order valence-corrected chi connectivity index (χ1v) is 8.55. The van der Waals surface area contributed by atoms with Crippen molar-refractivity contribution < 1.29 is 19.4 Å². The Morgan fingerprint density at radius 3 is 2.35 bits per heavy atom. The van der Waals surface area contributed by atoms with E-state index in [1.54, 1.807) is 26.4 Å². The van der Waals surface area contributed by atoms with Crippen molar-refractivity contribution in [1.29, 1.82) is 0 Å². The highest BCUT2D eigenvalue weighted by Crippen LogP contribution is 2.27. The van der Waals surface area contributed by atoms with Gasteiger partial charge in [0.05, 0.1) is 14.2 Å². The number of carbonyl (C=O) groups is 1. The Morgan fingerprint density at radius 1 is 1.04 bits per heavy atom. The van der Waals surface area contributed by atoms with E-state index in [0.29, 0.717) is 18.0 Å². The number of rotatable bonds is 8. The smallest absolute Gasteiger partial charge is 0.315 e. The lowest BCUT2D eigenvalue weighted by Gasteiger charge is -2.15. The van der Waals surface area contributed by atoms with E-state index in [2.05, 4.69) is 10.6 Å². The van der Waals surface area contributed by atoms with Gasteiger partial charge in [-0.3, -0.25) is 0 Å². The highest BCUT2D eigenvalue weighted by Gasteiger charge is 2.09. The summed E-state index contributed by atoms with van der Waals surface area (Å²) < 4.78 is 10.5. The number of aryl methyl sites for hydroxylation is 1. The van der Waals surface area contributed by atoms with E-state index in [0.717, 1.165) is 24.0 Å². The molecule has 0 fully saturated rings. The molecule has 2 aromatic carbocycles. The number of phenolic OH excluding ortho intramolecular Hbond substituents is 1. The maximum Gasteiger partial charge on any atom is 0.315 e. The summed E-state index contributed by atoms with van der Waals surface area (Å²) in [6, 6.07) is 12.5. The number of hydrogen-bond donors (Lipinski definition) is 3. The highest BCUT2D eigenvalue weighted by atomic mass is 16.5. The Kier molecular flexibility index (Phi) is 7.14. The second-order valence-corrected chi connectivity index (χ2v) is 6.12. The largest absolute Gasteiger partial charge is 0.508 e. The van der Waals surface area contributed by atoms with E-state index in [4.69, 9.17) is 9.47 Å². The normalized spacial score (nSPS) is 11.5. The van der Waals surface area contributed by atoms with Crippen LogP contribution in [0.25, 0.3) is 0 Å². The van der Waals surface area contributed by atoms with Crippen molar-refractivity contribution in [2.24, 2.45) is 0 Å². The molecule has 1 atom stereocenters. The van der Waals surface area contributed by atoms with E-state index >= 15 is 0 Å². The van der Waals surface area contributed by atoms with Crippen LogP contribution >= 0.6 is 0 Å². The number of carbonyl (C=O) groups excluding carboxylic acids is 1. The molecule has 0 aromatic heterocycles. The van der Waals surface area contributed by atoms with Gasteiger partial charge in [0.25, 0.3) is 0 Å². The van der Waals surface area contributed by atoms with Gasteiger partial charge in [0.15, 0.2) is 11.5 Å². The van der Waals surface area contributed by atoms with E-state index in [1.165, 1.54) is 0 Å². The maximum absolute atomic E-state index is 12.0. The summed E-state index contributed by atoms with van der Waals surface area (Å²) in [6.45, 7) is 2.37. The molecule has 2 rings (SSSR count). The number of hydrogen-bond acceptors (Lipinski definition) is 4. The molecule has 0 saturated heterocycles. The van der Waals surface area contributed by atoms with Crippen molar-refractivity contribution in [3.8, 4) is 17.2 Å². The average Bonchev–Trinajstić information content (AvgIpc) is 2.65. The molecular formula is C20H26N2O4. The van der Waals surface area contributed by atoms with Gasteiger partial charge in [-0.1, -0.05) is 18.2 Å². The molecule has 0 spiro atoms. The summed E-state index contributed by atoms with van der Waals surface area (Å²) in [6.07, 6.45) is 1.64. The van der Waals surface area contributed by atoms with Gasteiger partial charge >= 0.3 is 6.03 Å². The molecular weight excluding hydrogens is 332 g/mol. The lowest BCUT2D eigenvalue weighted by molar-refractivity contribution is 0.237. The molecule has 0 heterocycles. The van der Waals surface area contributed by atoms with Gasteiger partial charge in [-0.05, 0) is 55.2 Å². The number of methoxy groups -OCH3 is 2. The molecule has 1 unspecified atom stereocenters. The monoisotopic (exact) mass is 358 g/mol. The third-order valence-electron chi connectivity index (χ3n) is 4.08. The molecule has 2 aromatic rings. The molecule has 6 nitrogen and oxygen atoms in total. The fourth-order valence-corrected chi connectivity index (χ4v) is 2.57. The van der Waals surface area contributed by atoms with Crippen LogP contribution in [0.3, 0.4) is 0 Å². The number of amides is 2. The molecule has 0 radical (unpaired) electrons. The summed E-state index contributed by atoms with van der Waals surface area (Å²) in [5, 5.41) is 15.1. The quantitative estimate of drug-likeness (QED) is 0.677. The van der Waals surface area contributed by atoms with Crippen LogP contribution in [-0.2, 0) is 13.0 Å². The fourth-order valence-electron chi connectivity index (χ4n) is 2.57. The van der Waals surface area contributed by atoms with Crippen LogP contribution in [-0.4, -0.2) is 31.4 Å². The van der Waals surface area contributed by atoms with Crippen LogP contribution in [0.1, 0.15) is 24.5 Å². The van der Waals surface area contributed by atoms with Gasteiger partial charge < -0.3 is 25.2 Å². The van der Waals surface area contributed by atoms with Gasteiger partial charge in [0, 0.05) is 12.6 Å². The van der Waals surface area contributed by atoms with Gasteiger partial charge in [-0.15, -0.1) is 0 Å². The molecule has 0 aliphatic heterocycles. The first kappa shape index (κ1) is 19.4. The Balaban J connectivity index is 1.76. The highest BCUT2D eigenvalue weighted by molar-refractivity contribution is 5.74. The topological polar surface area (TPSA) is 79.8 Å². The van der Waals surface area contributed by atoms with Crippen molar-refractivity contribution in [2.45, 2.75) is 32.4 Å². The number of phenols is 1. The number of benzene rings is 2. The minimum Gasteiger partial charge on any atom is -0.508 e. The van der Waals surface area contributed by atoms with Gasteiger partial charge in [0.2, 0.25) is 0 Å². The van der Waals surface area contributed by atoms with Crippen molar-refractivity contribution >= 4 is 6.03 Å². The Labute approximate surface area is 154 Å². The van der Waals surface area contributed by atoms with Gasteiger partial charge in [0.1, 0.15) is 5.75 Å². The van der Waals surface area contributed by atoms with Gasteiger partial charge in [-0.25, -0.2) is 4.79 Å². The van der Waals surface area contributed by atoms with E-state index in [-0.39, 0.29) is 17.8 Å². The number of ether oxygens (including phenoxy) is 2. The van der Waals surface area contributed by atoms with E-state index in [1.807, 2.05) is 37.3 Å². The van der Waals surface area contributed by atoms with Crippen LogP contribution in [0.4, 0.5) is 4.79 Å². The summed E-state index contributed by atoms with van der Waals surface area (Å²) in [7, 11) is 3.17. The second kappa shape index (κ2) is 9.56. The molecule has 6 heteroatoms. The lowest BCUT2D eigenvalue weighted by atomic mass is 10.1. The Bertz CT molecular complexity index is 716. The Morgan fingerprint density at radius 2 is 1.69 bits per heavy atom. The summed E-state index contributed by atoms with van der Waals surface area (Å²) in [4.78, 5) is 12.0. The molecule has 26 heavy (non-hydrogen) atoms. The predicted octanol–water partition coefficient (Wildman–Crippen LogP) is 3.23. The summed E-state index contributed by atoms with van der Waals surface area (Å²) in [5.74, 6) is 1.55. The third-order valence-corrected chi connectivity index (χ3v) is 4.08. The third kappa shape index (κ3) is 5.88. The van der Waals surface area contributed by atoms with Crippen LogP contribution in [0, 0.1) is 0 Å². The summed E-state index contributed by atoms with van der Waals surface area (Å²) in [5.41, 5.74) is 2.05. The van der Waals surface area contributed by atoms with Crippen LogP contribution in [0.5, 0.6) is 17.2 Å². The minimum atomic E-state index is -0.210. The van der Waals surface area contributed by atoms with Crippen molar-refractivity contribution in [3.63, 3.8) is 0 Å². The average molecular weight is 358 g/mol. The zero-order chi connectivity index (χ0) is 18.9. The first-order valence-electron chi connectivity index (χ1n) is 8.55. The second-order valence-electron chi connectivity index (χ2n) is 6.12. The molecule has 0 aliphatic carbocycles. The van der Waals surface area contributed by atoms with Crippen LogP contribution in [0.2, 0.25) is 0 Å². The van der Waals surface area contributed by atoms with Crippen LogP contribution < -0.4 is 20.1 Å². The molecule has 0 saturated carbocycles. The van der Waals surface area contributed by atoms with E-state index in [9.17, 15) is 9.90 Å². The molecule has 2 amide bonds.